The SMILES string of the molecule is C#CCNC(=O)Cc1ccc(CSc2ccccn2)cc1. The highest BCUT2D eigenvalue weighted by atomic mass is 32.2. The third-order valence-corrected chi connectivity index (χ3v) is 3.81. The molecular formula is C17H16N2OS. The Morgan fingerprint density at radius 1 is 1.19 bits per heavy atom. The van der Waals surface area contributed by atoms with Gasteiger partial charge in [0.2, 0.25) is 5.91 Å². The number of amides is 1. The van der Waals surface area contributed by atoms with E-state index < -0.39 is 0 Å². The summed E-state index contributed by atoms with van der Waals surface area (Å²) in [4.78, 5) is 15.8. The maximum absolute atomic E-state index is 11.5. The summed E-state index contributed by atoms with van der Waals surface area (Å²) in [5.74, 6) is 3.19. The van der Waals surface area contributed by atoms with Crippen LogP contribution in [0.4, 0.5) is 0 Å². The van der Waals surface area contributed by atoms with Gasteiger partial charge in [0, 0.05) is 11.9 Å². The quantitative estimate of drug-likeness (QED) is 0.658. The minimum atomic E-state index is -0.0523. The van der Waals surface area contributed by atoms with Crippen molar-refractivity contribution in [2.24, 2.45) is 0 Å². The zero-order valence-electron chi connectivity index (χ0n) is 11.6. The molecule has 0 radical (unpaired) electrons. The largest absolute Gasteiger partial charge is 0.345 e. The van der Waals surface area contributed by atoms with Gasteiger partial charge in [-0.1, -0.05) is 36.3 Å². The third kappa shape index (κ3) is 5.33. The van der Waals surface area contributed by atoms with E-state index in [1.54, 1.807) is 18.0 Å². The van der Waals surface area contributed by atoms with E-state index in [4.69, 9.17) is 6.42 Å². The van der Waals surface area contributed by atoms with Gasteiger partial charge in [0.05, 0.1) is 18.0 Å². The van der Waals surface area contributed by atoms with E-state index in [1.165, 1.54) is 5.56 Å². The molecular weight excluding hydrogens is 280 g/mol. The van der Waals surface area contributed by atoms with Gasteiger partial charge >= 0.3 is 0 Å². The fourth-order valence-electron chi connectivity index (χ4n) is 1.74. The number of aromatic nitrogens is 1. The Kier molecular flexibility index (Phi) is 5.86. The topological polar surface area (TPSA) is 42.0 Å². The Balaban J connectivity index is 1.84. The monoisotopic (exact) mass is 296 g/mol. The highest BCUT2D eigenvalue weighted by molar-refractivity contribution is 7.98. The van der Waals surface area contributed by atoms with Gasteiger partial charge in [-0.3, -0.25) is 4.79 Å². The van der Waals surface area contributed by atoms with Crippen LogP contribution in [0.5, 0.6) is 0 Å². The predicted molar refractivity (Wildman–Crippen MR) is 85.8 cm³/mol. The molecule has 0 aliphatic rings. The van der Waals surface area contributed by atoms with Gasteiger partial charge < -0.3 is 5.32 Å². The molecule has 2 rings (SSSR count). The van der Waals surface area contributed by atoms with Crippen molar-refractivity contribution in [3.05, 3.63) is 59.8 Å². The molecule has 1 heterocycles. The van der Waals surface area contributed by atoms with E-state index in [0.717, 1.165) is 16.3 Å². The summed E-state index contributed by atoms with van der Waals surface area (Å²) in [6.07, 6.45) is 7.25. The number of nitrogens with zero attached hydrogens (tertiary/aromatic N) is 1. The minimum Gasteiger partial charge on any atom is -0.345 e. The van der Waals surface area contributed by atoms with Crippen molar-refractivity contribution in [3.63, 3.8) is 0 Å². The van der Waals surface area contributed by atoms with Crippen LogP contribution in [0.15, 0.2) is 53.7 Å². The lowest BCUT2D eigenvalue weighted by atomic mass is 10.1. The second kappa shape index (κ2) is 8.13. The number of carbonyl (C=O) groups is 1. The Morgan fingerprint density at radius 2 is 1.95 bits per heavy atom. The van der Waals surface area contributed by atoms with Crippen molar-refractivity contribution < 1.29 is 4.79 Å². The van der Waals surface area contributed by atoms with Gasteiger partial charge in [0.1, 0.15) is 0 Å². The number of nitrogens with one attached hydrogen (secondary N) is 1. The number of hydrogen-bond acceptors (Lipinski definition) is 3. The van der Waals surface area contributed by atoms with Gasteiger partial charge in [-0.25, -0.2) is 4.98 Å². The zero-order valence-corrected chi connectivity index (χ0v) is 12.4. The zero-order chi connectivity index (χ0) is 14.9. The summed E-state index contributed by atoms with van der Waals surface area (Å²) < 4.78 is 0. The molecule has 0 spiro atoms. The molecule has 1 aromatic heterocycles. The van der Waals surface area contributed by atoms with Crippen molar-refractivity contribution in [2.45, 2.75) is 17.2 Å². The molecule has 0 unspecified atom stereocenters. The van der Waals surface area contributed by atoms with E-state index in [2.05, 4.69) is 16.2 Å². The number of pyridine rings is 1. The molecule has 0 bridgehead atoms. The number of hydrogen-bond donors (Lipinski definition) is 1. The first-order valence-corrected chi connectivity index (χ1v) is 7.58. The molecule has 2 aromatic rings. The summed E-state index contributed by atoms with van der Waals surface area (Å²) >= 11 is 1.69. The molecule has 1 aromatic carbocycles. The fourth-order valence-corrected chi connectivity index (χ4v) is 2.56. The van der Waals surface area contributed by atoms with Crippen molar-refractivity contribution >= 4 is 17.7 Å². The smallest absolute Gasteiger partial charge is 0.225 e. The van der Waals surface area contributed by atoms with Crippen LogP contribution >= 0.6 is 11.8 Å². The third-order valence-electron chi connectivity index (χ3n) is 2.80. The van der Waals surface area contributed by atoms with Gasteiger partial charge in [0.15, 0.2) is 0 Å². The first-order valence-electron chi connectivity index (χ1n) is 6.60. The van der Waals surface area contributed by atoms with Crippen molar-refractivity contribution in [3.8, 4) is 12.3 Å². The normalized spacial score (nSPS) is 9.86. The van der Waals surface area contributed by atoms with Crippen LogP contribution in [-0.4, -0.2) is 17.4 Å². The van der Waals surface area contributed by atoms with Gasteiger partial charge in [-0.2, -0.15) is 0 Å². The Bertz CT molecular complexity index is 617. The van der Waals surface area contributed by atoms with Gasteiger partial charge in [-0.15, -0.1) is 18.2 Å². The van der Waals surface area contributed by atoms with Crippen molar-refractivity contribution in [2.75, 3.05) is 6.54 Å². The van der Waals surface area contributed by atoms with E-state index in [-0.39, 0.29) is 12.5 Å². The van der Waals surface area contributed by atoms with Crippen molar-refractivity contribution in [1.29, 1.82) is 0 Å². The highest BCUT2D eigenvalue weighted by Crippen LogP contribution is 2.20. The Morgan fingerprint density at radius 3 is 2.62 bits per heavy atom. The van der Waals surface area contributed by atoms with Crippen LogP contribution in [0.3, 0.4) is 0 Å². The lowest BCUT2D eigenvalue weighted by Gasteiger charge is -2.04. The maximum Gasteiger partial charge on any atom is 0.225 e. The first kappa shape index (κ1) is 15.1. The number of benzene rings is 1. The molecule has 0 atom stereocenters. The second-order valence-electron chi connectivity index (χ2n) is 4.43. The molecule has 0 saturated heterocycles. The second-order valence-corrected chi connectivity index (χ2v) is 5.43. The van der Waals surface area contributed by atoms with E-state index in [0.29, 0.717) is 6.42 Å². The van der Waals surface area contributed by atoms with E-state index in [9.17, 15) is 4.79 Å². The maximum atomic E-state index is 11.5. The fraction of sp³-hybridized carbons (Fsp3) is 0.176. The van der Waals surface area contributed by atoms with Crippen LogP contribution in [0.25, 0.3) is 0 Å². The molecule has 1 N–H and O–H groups in total. The van der Waals surface area contributed by atoms with Crippen LogP contribution in [0.2, 0.25) is 0 Å². The average Bonchev–Trinajstić information content (AvgIpc) is 2.53. The highest BCUT2D eigenvalue weighted by Gasteiger charge is 2.03. The lowest BCUT2D eigenvalue weighted by Crippen LogP contribution is -2.25. The van der Waals surface area contributed by atoms with E-state index >= 15 is 0 Å². The Hall–Kier alpha value is -2.25. The number of thioether (sulfide) groups is 1. The van der Waals surface area contributed by atoms with Crippen LogP contribution < -0.4 is 5.32 Å². The summed E-state index contributed by atoms with van der Waals surface area (Å²) in [6, 6.07) is 13.9. The summed E-state index contributed by atoms with van der Waals surface area (Å²) in [7, 11) is 0. The Labute approximate surface area is 129 Å². The molecule has 0 saturated carbocycles. The molecule has 106 valence electrons. The van der Waals surface area contributed by atoms with Crippen LogP contribution in [0, 0.1) is 12.3 Å². The standard InChI is InChI=1S/C17H16N2OS/c1-2-10-18-16(20)12-14-6-8-15(9-7-14)13-21-17-5-3-4-11-19-17/h1,3-9,11H,10,12-13H2,(H,18,20). The first-order chi connectivity index (χ1) is 10.3. The predicted octanol–water partition coefficient (Wildman–Crippen LogP) is 2.67. The summed E-state index contributed by atoms with van der Waals surface area (Å²) in [5, 5.41) is 3.66. The van der Waals surface area contributed by atoms with Crippen LogP contribution in [0.1, 0.15) is 11.1 Å². The number of terminal acetylenes is 1. The van der Waals surface area contributed by atoms with E-state index in [1.807, 2.05) is 42.5 Å². The molecule has 21 heavy (non-hydrogen) atoms. The number of rotatable bonds is 6. The molecule has 0 aliphatic heterocycles. The van der Waals surface area contributed by atoms with Crippen molar-refractivity contribution in [1.82, 2.24) is 10.3 Å². The molecule has 4 heteroatoms. The minimum absolute atomic E-state index is 0.0523. The van der Waals surface area contributed by atoms with Gasteiger partial charge in [0.25, 0.3) is 0 Å². The summed E-state index contributed by atoms with van der Waals surface area (Å²) in [5.41, 5.74) is 2.19. The van der Waals surface area contributed by atoms with Crippen LogP contribution in [-0.2, 0) is 17.0 Å². The molecule has 0 fully saturated rings. The molecule has 1 amide bonds. The number of carbonyl (C=O) groups excluding carboxylic acids is 1. The van der Waals surface area contributed by atoms with Gasteiger partial charge in [-0.05, 0) is 23.3 Å². The molecule has 0 aliphatic carbocycles. The summed E-state index contributed by atoms with van der Waals surface area (Å²) in [6.45, 7) is 0.275. The molecule has 3 nitrogen and oxygen atoms in total. The lowest BCUT2D eigenvalue weighted by molar-refractivity contribution is -0.120. The average molecular weight is 296 g/mol.